The summed E-state index contributed by atoms with van der Waals surface area (Å²) in [5.74, 6) is -0.0441. The highest BCUT2D eigenvalue weighted by molar-refractivity contribution is 5.91. The molecule has 0 saturated carbocycles. The number of aryl methyl sites for hydroxylation is 1. The van der Waals surface area contributed by atoms with Crippen LogP contribution in [-0.2, 0) is 9.53 Å². The van der Waals surface area contributed by atoms with Gasteiger partial charge in [0.2, 0.25) is 5.91 Å². The monoisotopic (exact) mass is 344 g/mol. The van der Waals surface area contributed by atoms with E-state index < -0.39 is 5.97 Å². The minimum Gasteiger partial charge on any atom is -0.465 e. The maximum Gasteiger partial charge on any atom is 0.339 e. The third kappa shape index (κ3) is 4.47. The van der Waals surface area contributed by atoms with Crippen LogP contribution >= 0.6 is 0 Å². The second-order valence-corrected chi connectivity index (χ2v) is 7.50. The van der Waals surface area contributed by atoms with Gasteiger partial charge in [0, 0.05) is 19.5 Å². The van der Waals surface area contributed by atoms with Gasteiger partial charge >= 0.3 is 5.97 Å². The Morgan fingerprint density at radius 2 is 2.20 bits per heavy atom. The van der Waals surface area contributed by atoms with E-state index in [0.717, 1.165) is 0 Å². The highest BCUT2D eigenvalue weighted by Gasteiger charge is 2.32. The zero-order valence-corrected chi connectivity index (χ0v) is 15.3. The summed E-state index contributed by atoms with van der Waals surface area (Å²) in [6.45, 7) is 9.20. The molecule has 0 unspecified atom stereocenters. The van der Waals surface area contributed by atoms with Crippen LogP contribution in [0.15, 0.2) is 6.07 Å². The van der Waals surface area contributed by atoms with Crippen molar-refractivity contribution in [3.63, 3.8) is 0 Å². The van der Waals surface area contributed by atoms with Gasteiger partial charge in [0.15, 0.2) is 0 Å². The predicted molar refractivity (Wildman–Crippen MR) is 93.1 cm³/mol. The minimum absolute atomic E-state index is 0.0271. The summed E-state index contributed by atoms with van der Waals surface area (Å²) < 4.78 is 4.70. The maximum absolute atomic E-state index is 12.2. The zero-order valence-electron chi connectivity index (χ0n) is 15.3. The van der Waals surface area contributed by atoms with Crippen LogP contribution in [0.25, 0.3) is 0 Å². The largest absolute Gasteiger partial charge is 0.465 e. The van der Waals surface area contributed by atoms with Crippen molar-refractivity contribution in [2.45, 2.75) is 40.2 Å². The lowest BCUT2D eigenvalue weighted by atomic mass is 9.96. The van der Waals surface area contributed by atoms with E-state index in [-0.39, 0.29) is 28.5 Å². The van der Waals surface area contributed by atoms with Crippen LogP contribution in [-0.4, -0.2) is 48.0 Å². The van der Waals surface area contributed by atoms with Gasteiger partial charge in [-0.2, -0.15) is 5.26 Å². The van der Waals surface area contributed by atoms with Crippen LogP contribution < -0.4 is 5.32 Å². The second-order valence-electron chi connectivity index (χ2n) is 7.50. The van der Waals surface area contributed by atoms with Gasteiger partial charge in [0.25, 0.3) is 0 Å². The van der Waals surface area contributed by atoms with Gasteiger partial charge in [0.1, 0.15) is 11.9 Å². The molecular formula is C18H24N4O3. The van der Waals surface area contributed by atoms with Gasteiger partial charge in [-0.25, -0.2) is 9.78 Å². The number of methoxy groups -OCH3 is 1. The minimum atomic E-state index is -0.527. The molecule has 25 heavy (non-hydrogen) atoms. The summed E-state index contributed by atoms with van der Waals surface area (Å²) in [5.41, 5.74) is 1.03. The number of nitriles is 1. The molecule has 1 atom stereocenters. The van der Waals surface area contributed by atoms with E-state index in [1.165, 1.54) is 13.2 Å². The topological polar surface area (TPSA) is 95.3 Å². The lowest BCUT2D eigenvalue weighted by Crippen LogP contribution is -2.35. The van der Waals surface area contributed by atoms with Gasteiger partial charge in [0.05, 0.1) is 30.0 Å². The summed E-state index contributed by atoms with van der Waals surface area (Å²) in [5, 5.41) is 12.5. The van der Waals surface area contributed by atoms with Crippen LogP contribution in [0, 0.1) is 23.7 Å². The quantitative estimate of drug-likeness (QED) is 0.841. The number of anilines is 1. The van der Waals surface area contributed by atoms with Crippen molar-refractivity contribution < 1.29 is 14.3 Å². The first-order valence-corrected chi connectivity index (χ1v) is 8.19. The van der Waals surface area contributed by atoms with Gasteiger partial charge in [-0.05, 0) is 18.4 Å². The Morgan fingerprint density at radius 3 is 2.76 bits per heavy atom. The molecule has 1 aliphatic rings. The van der Waals surface area contributed by atoms with Crippen molar-refractivity contribution in [3.05, 3.63) is 22.9 Å². The molecule has 2 heterocycles. The van der Waals surface area contributed by atoms with Gasteiger partial charge in [-0.3, -0.25) is 4.79 Å². The van der Waals surface area contributed by atoms with Crippen LogP contribution in [0.5, 0.6) is 0 Å². The van der Waals surface area contributed by atoms with Crippen molar-refractivity contribution in [1.29, 1.82) is 5.26 Å². The van der Waals surface area contributed by atoms with Crippen molar-refractivity contribution in [2.24, 2.45) is 5.41 Å². The first kappa shape index (κ1) is 18.7. The van der Waals surface area contributed by atoms with E-state index in [1.807, 2.05) is 11.0 Å². The predicted octanol–water partition coefficient (Wildman–Crippen LogP) is 2.11. The zero-order chi connectivity index (χ0) is 18.8. The highest BCUT2D eigenvalue weighted by Crippen LogP contribution is 2.24. The SMILES string of the molecule is COC(=O)c1cc(C#N)c(N[C@H]2CC(=O)N(CC(C)(C)C)C2)nc1C. The average Bonchev–Trinajstić information content (AvgIpc) is 2.84. The number of esters is 1. The number of hydrogen-bond donors (Lipinski definition) is 1. The van der Waals surface area contributed by atoms with E-state index in [1.54, 1.807) is 6.92 Å². The van der Waals surface area contributed by atoms with Crippen LogP contribution in [0.1, 0.15) is 48.8 Å². The molecule has 1 saturated heterocycles. The maximum atomic E-state index is 12.2. The van der Waals surface area contributed by atoms with Gasteiger partial charge < -0.3 is 15.0 Å². The fourth-order valence-electron chi connectivity index (χ4n) is 2.90. The van der Waals surface area contributed by atoms with Crippen LogP contribution in [0.3, 0.4) is 0 Å². The Bertz CT molecular complexity index is 731. The lowest BCUT2D eigenvalue weighted by Gasteiger charge is -2.26. The fraction of sp³-hybridized carbons (Fsp3) is 0.556. The molecule has 7 nitrogen and oxygen atoms in total. The van der Waals surface area contributed by atoms with E-state index in [2.05, 4.69) is 31.1 Å². The molecule has 1 amide bonds. The van der Waals surface area contributed by atoms with Crippen molar-refractivity contribution >= 4 is 17.7 Å². The first-order chi connectivity index (χ1) is 11.6. The number of rotatable bonds is 4. The number of nitrogens with one attached hydrogen (secondary N) is 1. The van der Waals surface area contributed by atoms with E-state index >= 15 is 0 Å². The molecule has 1 N–H and O–H groups in total. The Kier molecular flexibility index (Phi) is 5.31. The summed E-state index contributed by atoms with van der Waals surface area (Å²) in [4.78, 5) is 30.1. The number of hydrogen-bond acceptors (Lipinski definition) is 6. The van der Waals surface area contributed by atoms with E-state index in [9.17, 15) is 14.9 Å². The van der Waals surface area contributed by atoms with Crippen molar-refractivity contribution in [3.8, 4) is 6.07 Å². The van der Waals surface area contributed by atoms with Crippen LogP contribution in [0.4, 0.5) is 5.82 Å². The van der Waals surface area contributed by atoms with Gasteiger partial charge in [-0.15, -0.1) is 0 Å². The standard InChI is InChI=1S/C18H24N4O3/c1-11-14(17(24)25-5)6-12(8-19)16(20-11)21-13-7-15(23)22(9-13)10-18(2,3)4/h6,13H,7,9-10H2,1-5H3,(H,20,21)/t13-/m0/s1. The number of amides is 1. The summed E-state index contributed by atoms with van der Waals surface area (Å²) in [7, 11) is 1.29. The van der Waals surface area contributed by atoms with Gasteiger partial charge in [-0.1, -0.05) is 20.8 Å². The third-order valence-corrected chi connectivity index (χ3v) is 3.96. The molecule has 0 aliphatic carbocycles. The lowest BCUT2D eigenvalue weighted by molar-refractivity contribution is -0.128. The summed E-state index contributed by atoms with van der Waals surface area (Å²) in [6, 6.07) is 3.40. The molecule has 1 fully saturated rings. The Hall–Kier alpha value is -2.62. The van der Waals surface area contributed by atoms with Crippen molar-refractivity contribution in [1.82, 2.24) is 9.88 Å². The number of aromatic nitrogens is 1. The molecule has 0 aromatic carbocycles. The number of pyridine rings is 1. The molecule has 0 radical (unpaired) electrons. The van der Waals surface area contributed by atoms with Crippen LogP contribution in [0.2, 0.25) is 0 Å². The molecule has 7 heteroatoms. The number of carbonyl (C=O) groups excluding carboxylic acids is 2. The number of ether oxygens (including phenoxy) is 1. The third-order valence-electron chi connectivity index (χ3n) is 3.96. The molecule has 1 aromatic heterocycles. The summed E-state index contributed by atoms with van der Waals surface area (Å²) in [6.07, 6.45) is 0.362. The Labute approximate surface area is 148 Å². The number of nitrogens with zero attached hydrogens (tertiary/aromatic N) is 3. The molecule has 2 rings (SSSR count). The average molecular weight is 344 g/mol. The smallest absolute Gasteiger partial charge is 0.339 e. The normalized spacial score (nSPS) is 17.4. The molecule has 1 aliphatic heterocycles. The first-order valence-electron chi connectivity index (χ1n) is 8.19. The second kappa shape index (κ2) is 7.09. The summed E-state index contributed by atoms with van der Waals surface area (Å²) >= 11 is 0. The number of carbonyl (C=O) groups is 2. The molecular weight excluding hydrogens is 320 g/mol. The fourth-order valence-corrected chi connectivity index (χ4v) is 2.90. The van der Waals surface area contributed by atoms with Crippen molar-refractivity contribution in [2.75, 3.05) is 25.5 Å². The number of likely N-dealkylation sites (tertiary alicyclic amines) is 1. The van der Waals surface area contributed by atoms with E-state index in [0.29, 0.717) is 31.0 Å². The van der Waals surface area contributed by atoms with E-state index in [4.69, 9.17) is 4.74 Å². The molecule has 134 valence electrons. The highest BCUT2D eigenvalue weighted by atomic mass is 16.5. The Balaban J connectivity index is 2.18. The molecule has 1 aromatic rings. The molecule has 0 bridgehead atoms. The Morgan fingerprint density at radius 1 is 1.52 bits per heavy atom. The molecule has 0 spiro atoms.